The van der Waals surface area contributed by atoms with Crippen LogP contribution in [0.5, 0.6) is 0 Å². The van der Waals surface area contributed by atoms with Crippen molar-refractivity contribution >= 4 is 0 Å². The van der Waals surface area contributed by atoms with Crippen LogP contribution in [0.3, 0.4) is 0 Å². The van der Waals surface area contributed by atoms with Gasteiger partial charge in [0.15, 0.2) is 0 Å². The second-order valence-corrected chi connectivity index (χ2v) is 4.05. The van der Waals surface area contributed by atoms with E-state index in [0.29, 0.717) is 6.04 Å². The monoisotopic (exact) mass is 191 g/mol. The van der Waals surface area contributed by atoms with Gasteiger partial charge < -0.3 is 10.0 Å². The molecule has 2 heteroatoms. The smallest absolute Gasteiger partial charge is 0.0945 e. The van der Waals surface area contributed by atoms with Crippen LogP contribution in [0.4, 0.5) is 0 Å². The maximum atomic E-state index is 10.1. The summed E-state index contributed by atoms with van der Waals surface area (Å²) in [5.74, 6) is 0. The van der Waals surface area contributed by atoms with E-state index in [1.54, 1.807) is 0 Å². The summed E-state index contributed by atoms with van der Waals surface area (Å²) in [6.07, 6.45) is 1.97. The fourth-order valence-corrected chi connectivity index (χ4v) is 2.21. The Kier molecular flexibility index (Phi) is 2.85. The van der Waals surface area contributed by atoms with E-state index in [-0.39, 0.29) is 6.10 Å². The largest absolute Gasteiger partial charge is 0.387 e. The number of rotatable bonds is 2. The van der Waals surface area contributed by atoms with Gasteiger partial charge in [0, 0.05) is 6.04 Å². The normalized spacial score (nSPS) is 25.1. The van der Waals surface area contributed by atoms with Gasteiger partial charge in [0.25, 0.3) is 0 Å². The molecule has 1 N–H and O–H groups in total. The molecule has 0 spiro atoms. The van der Waals surface area contributed by atoms with Gasteiger partial charge in [-0.1, -0.05) is 30.3 Å². The summed E-state index contributed by atoms with van der Waals surface area (Å²) in [6.45, 7) is 1.11. The maximum absolute atomic E-state index is 10.1. The summed E-state index contributed by atoms with van der Waals surface area (Å²) in [6, 6.07) is 10.2. The van der Waals surface area contributed by atoms with Crippen LogP contribution in [0.1, 0.15) is 24.5 Å². The topological polar surface area (TPSA) is 23.5 Å². The van der Waals surface area contributed by atoms with Crippen molar-refractivity contribution in [2.75, 3.05) is 13.6 Å². The van der Waals surface area contributed by atoms with Crippen LogP contribution in [0.2, 0.25) is 0 Å². The summed E-state index contributed by atoms with van der Waals surface area (Å²) < 4.78 is 0. The third-order valence-corrected chi connectivity index (χ3v) is 3.08. The number of benzene rings is 1. The predicted octanol–water partition coefficient (Wildman–Crippen LogP) is 1.81. The van der Waals surface area contributed by atoms with E-state index >= 15 is 0 Å². The Labute approximate surface area is 85.2 Å². The molecule has 2 atom stereocenters. The molecule has 1 aromatic carbocycles. The molecule has 0 radical (unpaired) electrons. The van der Waals surface area contributed by atoms with Crippen molar-refractivity contribution in [2.45, 2.75) is 25.0 Å². The zero-order chi connectivity index (χ0) is 9.97. The zero-order valence-corrected chi connectivity index (χ0v) is 8.56. The molecule has 2 nitrogen and oxygen atoms in total. The summed E-state index contributed by atoms with van der Waals surface area (Å²) in [4.78, 5) is 2.25. The minimum Gasteiger partial charge on any atom is -0.387 e. The molecule has 1 heterocycles. The third kappa shape index (κ3) is 1.81. The lowest BCUT2D eigenvalue weighted by Crippen LogP contribution is -2.30. The Morgan fingerprint density at radius 1 is 1.36 bits per heavy atom. The van der Waals surface area contributed by atoms with Gasteiger partial charge in [-0.25, -0.2) is 0 Å². The maximum Gasteiger partial charge on any atom is 0.0945 e. The van der Waals surface area contributed by atoms with Gasteiger partial charge in [-0.2, -0.15) is 0 Å². The quantitative estimate of drug-likeness (QED) is 0.770. The first-order valence-electron chi connectivity index (χ1n) is 5.22. The number of likely N-dealkylation sites (tertiary alicyclic amines) is 1. The van der Waals surface area contributed by atoms with Crippen molar-refractivity contribution in [3.8, 4) is 0 Å². The molecular weight excluding hydrogens is 174 g/mol. The number of aliphatic hydroxyl groups excluding tert-OH is 1. The Balaban J connectivity index is 2.12. The van der Waals surface area contributed by atoms with Gasteiger partial charge >= 0.3 is 0 Å². The van der Waals surface area contributed by atoms with Crippen LogP contribution in [-0.2, 0) is 0 Å². The summed E-state index contributed by atoms with van der Waals surface area (Å²) >= 11 is 0. The van der Waals surface area contributed by atoms with Crippen LogP contribution in [0.25, 0.3) is 0 Å². The molecule has 0 aromatic heterocycles. The van der Waals surface area contributed by atoms with E-state index in [9.17, 15) is 5.11 Å². The van der Waals surface area contributed by atoms with Crippen LogP contribution < -0.4 is 0 Å². The molecule has 0 aliphatic carbocycles. The summed E-state index contributed by atoms with van der Waals surface area (Å²) in [5.41, 5.74) is 1.03. The molecule has 76 valence electrons. The van der Waals surface area contributed by atoms with Crippen molar-refractivity contribution in [2.24, 2.45) is 0 Å². The molecule has 1 fully saturated rings. The number of hydrogen-bond acceptors (Lipinski definition) is 2. The molecule has 2 rings (SSSR count). The highest BCUT2D eigenvalue weighted by molar-refractivity contribution is 5.19. The van der Waals surface area contributed by atoms with Crippen molar-refractivity contribution in [3.05, 3.63) is 35.9 Å². The summed E-state index contributed by atoms with van der Waals surface area (Å²) in [5, 5.41) is 10.1. The molecule has 1 saturated heterocycles. The minimum absolute atomic E-state index is 0.303. The molecule has 0 bridgehead atoms. The van der Waals surface area contributed by atoms with Crippen LogP contribution in [0, 0.1) is 0 Å². The number of likely N-dealkylation sites (N-methyl/N-ethyl adjacent to an activating group) is 1. The number of aliphatic hydroxyl groups is 1. The van der Waals surface area contributed by atoms with Crippen molar-refractivity contribution < 1.29 is 5.11 Å². The Hall–Kier alpha value is -0.860. The lowest BCUT2D eigenvalue weighted by Gasteiger charge is -2.25. The van der Waals surface area contributed by atoms with Crippen LogP contribution >= 0.6 is 0 Å². The van der Waals surface area contributed by atoms with Crippen molar-refractivity contribution in [1.82, 2.24) is 4.90 Å². The van der Waals surface area contributed by atoms with Gasteiger partial charge in [0.1, 0.15) is 0 Å². The van der Waals surface area contributed by atoms with Gasteiger partial charge in [0.05, 0.1) is 6.10 Å². The highest BCUT2D eigenvalue weighted by Gasteiger charge is 2.28. The second-order valence-electron chi connectivity index (χ2n) is 4.05. The number of nitrogens with zero attached hydrogens (tertiary/aromatic N) is 1. The fourth-order valence-electron chi connectivity index (χ4n) is 2.21. The molecule has 0 unspecified atom stereocenters. The first-order chi connectivity index (χ1) is 6.79. The average molecular weight is 191 g/mol. The third-order valence-electron chi connectivity index (χ3n) is 3.08. The van der Waals surface area contributed by atoms with Crippen molar-refractivity contribution in [1.29, 1.82) is 0 Å². The standard InChI is InChI=1S/C12H17NO/c1-13-9-5-8-11(13)12(14)10-6-3-2-4-7-10/h2-4,6-7,11-12,14H,5,8-9H2,1H3/t11-,12-/m0/s1. The highest BCUT2D eigenvalue weighted by atomic mass is 16.3. The van der Waals surface area contributed by atoms with E-state index in [2.05, 4.69) is 11.9 Å². The molecule has 0 amide bonds. The molecule has 0 saturated carbocycles. The van der Waals surface area contributed by atoms with E-state index in [0.717, 1.165) is 18.5 Å². The minimum atomic E-state index is -0.330. The Bertz CT molecular complexity index is 286. The molecular formula is C12H17NO. The summed E-state index contributed by atoms with van der Waals surface area (Å²) in [7, 11) is 2.09. The zero-order valence-electron chi connectivity index (χ0n) is 8.56. The van der Waals surface area contributed by atoms with Crippen molar-refractivity contribution in [3.63, 3.8) is 0 Å². The number of hydrogen-bond donors (Lipinski definition) is 1. The molecule has 1 aromatic rings. The predicted molar refractivity (Wildman–Crippen MR) is 57.1 cm³/mol. The van der Waals surface area contributed by atoms with E-state index in [4.69, 9.17) is 0 Å². The van der Waals surface area contributed by atoms with Gasteiger partial charge in [-0.15, -0.1) is 0 Å². The fraction of sp³-hybridized carbons (Fsp3) is 0.500. The highest BCUT2D eigenvalue weighted by Crippen LogP contribution is 2.27. The van der Waals surface area contributed by atoms with E-state index < -0.39 is 0 Å². The average Bonchev–Trinajstić information content (AvgIpc) is 2.65. The van der Waals surface area contributed by atoms with Gasteiger partial charge in [0.2, 0.25) is 0 Å². The van der Waals surface area contributed by atoms with Crippen LogP contribution in [0.15, 0.2) is 30.3 Å². The van der Waals surface area contributed by atoms with Gasteiger partial charge in [-0.05, 0) is 32.0 Å². The first-order valence-corrected chi connectivity index (χ1v) is 5.22. The van der Waals surface area contributed by atoms with Gasteiger partial charge in [-0.3, -0.25) is 0 Å². The molecule has 1 aliphatic heterocycles. The Morgan fingerprint density at radius 2 is 2.07 bits per heavy atom. The SMILES string of the molecule is CN1CCC[C@H]1[C@@H](O)c1ccccc1. The molecule has 1 aliphatic rings. The second kappa shape index (κ2) is 4.11. The van der Waals surface area contributed by atoms with E-state index in [1.807, 2.05) is 30.3 Å². The first kappa shape index (κ1) is 9.69. The lowest BCUT2D eigenvalue weighted by molar-refractivity contribution is 0.0857. The molecule has 14 heavy (non-hydrogen) atoms. The lowest BCUT2D eigenvalue weighted by atomic mass is 10.0. The van der Waals surface area contributed by atoms with E-state index in [1.165, 1.54) is 6.42 Å². The van der Waals surface area contributed by atoms with Crippen LogP contribution in [-0.4, -0.2) is 29.6 Å². The Morgan fingerprint density at radius 3 is 2.64 bits per heavy atom.